The number of unbranched alkanes of at least 4 members (excludes halogenated alkanes) is 2. The van der Waals surface area contributed by atoms with Crippen molar-refractivity contribution in [3.05, 3.63) is 0 Å². The highest BCUT2D eigenvalue weighted by Crippen LogP contribution is 2.16. The lowest BCUT2D eigenvalue weighted by molar-refractivity contribution is -0.139. The van der Waals surface area contributed by atoms with Crippen LogP contribution in [0.15, 0.2) is 0 Å². The maximum absolute atomic E-state index is 12.4. The molecule has 0 spiro atoms. The molecule has 1 unspecified atom stereocenters. The molecule has 0 radical (unpaired) electrons. The van der Waals surface area contributed by atoms with Gasteiger partial charge < -0.3 is 10.8 Å². The number of nitrogens with one attached hydrogen (secondary N) is 1. The average molecular weight is 322 g/mol. The number of carboxylic acid groups (broad SMARTS) is 1. The van der Waals surface area contributed by atoms with E-state index in [2.05, 4.69) is 4.72 Å². The van der Waals surface area contributed by atoms with Crippen LogP contribution in [0.2, 0.25) is 0 Å². The summed E-state index contributed by atoms with van der Waals surface area (Å²) in [6.45, 7) is 4.42. The summed E-state index contributed by atoms with van der Waals surface area (Å²) in [5, 5.41) is 8.66. The van der Waals surface area contributed by atoms with Crippen LogP contribution in [0, 0.1) is 0 Å². The number of hydrogen-bond donors (Lipinski definition) is 3. The van der Waals surface area contributed by atoms with Gasteiger partial charge in [-0.1, -0.05) is 39.5 Å². The van der Waals surface area contributed by atoms with Gasteiger partial charge in [-0.3, -0.25) is 4.79 Å². The Morgan fingerprint density at radius 1 is 1.10 bits per heavy atom. The number of hydrogen-bond acceptors (Lipinski definition) is 4. The Bertz CT molecular complexity index is 384. The summed E-state index contributed by atoms with van der Waals surface area (Å²) in [7, 11) is -3.60. The van der Waals surface area contributed by atoms with Gasteiger partial charge in [0.1, 0.15) is 6.04 Å². The van der Waals surface area contributed by atoms with E-state index in [4.69, 9.17) is 10.8 Å². The van der Waals surface area contributed by atoms with Gasteiger partial charge in [0, 0.05) is 0 Å². The van der Waals surface area contributed by atoms with Gasteiger partial charge in [0.25, 0.3) is 0 Å². The zero-order valence-corrected chi connectivity index (χ0v) is 14.0. The minimum Gasteiger partial charge on any atom is -0.480 e. The SMILES string of the molecule is CCCCC(CCC)S(=O)(=O)N[C@@H](CCCCN)C(=O)O. The van der Waals surface area contributed by atoms with Crippen LogP contribution in [0.3, 0.4) is 0 Å². The van der Waals surface area contributed by atoms with E-state index in [1.165, 1.54) is 0 Å². The molecule has 7 heteroatoms. The van der Waals surface area contributed by atoms with E-state index in [9.17, 15) is 13.2 Å². The minimum absolute atomic E-state index is 0.276. The lowest BCUT2D eigenvalue weighted by Gasteiger charge is -2.21. The molecular formula is C14H30N2O4S. The van der Waals surface area contributed by atoms with Crippen LogP contribution >= 0.6 is 0 Å². The third kappa shape index (κ3) is 8.38. The predicted octanol–water partition coefficient (Wildman–Crippen LogP) is 1.85. The van der Waals surface area contributed by atoms with Gasteiger partial charge in [0.05, 0.1) is 5.25 Å². The number of aliphatic carboxylic acids is 1. The first kappa shape index (κ1) is 20.3. The highest BCUT2D eigenvalue weighted by molar-refractivity contribution is 7.90. The molecular weight excluding hydrogens is 292 g/mol. The van der Waals surface area contributed by atoms with Crippen molar-refractivity contribution in [1.29, 1.82) is 0 Å². The summed E-state index contributed by atoms with van der Waals surface area (Å²) in [4.78, 5) is 11.2. The normalized spacial score (nSPS) is 14.8. The molecule has 0 saturated carbocycles. The smallest absolute Gasteiger partial charge is 0.321 e. The zero-order valence-electron chi connectivity index (χ0n) is 13.2. The summed E-state index contributed by atoms with van der Waals surface area (Å²) >= 11 is 0. The molecule has 0 fully saturated rings. The average Bonchev–Trinajstić information content (AvgIpc) is 2.42. The number of sulfonamides is 1. The molecule has 4 N–H and O–H groups in total. The summed E-state index contributed by atoms with van der Waals surface area (Å²) < 4.78 is 27.1. The summed E-state index contributed by atoms with van der Waals surface area (Å²) in [6, 6.07) is -1.05. The monoisotopic (exact) mass is 322 g/mol. The van der Waals surface area contributed by atoms with Gasteiger partial charge in [-0.25, -0.2) is 13.1 Å². The van der Waals surface area contributed by atoms with Crippen molar-refractivity contribution in [2.24, 2.45) is 5.73 Å². The highest BCUT2D eigenvalue weighted by Gasteiger charge is 2.29. The minimum atomic E-state index is -3.60. The van der Waals surface area contributed by atoms with Crippen LogP contribution in [0.25, 0.3) is 0 Å². The summed E-state index contributed by atoms with van der Waals surface area (Å²) in [5.41, 5.74) is 5.37. The highest BCUT2D eigenvalue weighted by atomic mass is 32.2. The van der Waals surface area contributed by atoms with Crippen LogP contribution in [0.5, 0.6) is 0 Å². The van der Waals surface area contributed by atoms with Gasteiger partial charge in [-0.15, -0.1) is 0 Å². The van der Waals surface area contributed by atoms with Crippen LogP contribution in [0.1, 0.15) is 65.2 Å². The van der Waals surface area contributed by atoms with Gasteiger partial charge in [0.2, 0.25) is 10.0 Å². The molecule has 21 heavy (non-hydrogen) atoms. The second kappa shape index (κ2) is 11.0. The maximum Gasteiger partial charge on any atom is 0.321 e. The van der Waals surface area contributed by atoms with E-state index in [0.717, 1.165) is 19.3 Å². The molecule has 2 atom stereocenters. The fourth-order valence-electron chi connectivity index (χ4n) is 2.23. The molecule has 0 bridgehead atoms. The Labute approximate surface area is 128 Å². The predicted molar refractivity (Wildman–Crippen MR) is 84.6 cm³/mol. The molecule has 126 valence electrons. The molecule has 0 heterocycles. The first-order valence-electron chi connectivity index (χ1n) is 7.83. The third-order valence-corrected chi connectivity index (χ3v) is 5.44. The maximum atomic E-state index is 12.4. The van der Waals surface area contributed by atoms with Crippen molar-refractivity contribution in [3.8, 4) is 0 Å². The zero-order chi connectivity index (χ0) is 16.3. The van der Waals surface area contributed by atoms with Crippen molar-refractivity contribution >= 4 is 16.0 Å². The van der Waals surface area contributed by atoms with E-state index in [1.54, 1.807) is 0 Å². The molecule has 6 nitrogen and oxygen atoms in total. The third-order valence-electron chi connectivity index (χ3n) is 3.48. The van der Waals surface area contributed by atoms with Crippen LogP contribution in [-0.2, 0) is 14.8 Å². The molecule has 0 rings (SSSR count). The number of rotatable bonds is 13. The van der Waals surface area contributed by atoms with Crippen molar-refractivity contribution in [2.45, 2.75) is 76.5 Å². The molecule has 0 saturated heterocycles. The lowest BCUT2D eigenvalue weighted by Crippen LogP contribution is -2.45. The largest absolute Gasteiger partial charge is 0.480 e. The Morgan fingerprint density at radius 3 is 2.24 bits per heavy atom. The standard InChI is InChI=1S/C14H30N2O4S/c1-3-5-9-12(8-4-2)21(19,20)16-13(14(17)18)10-6-7-11-15/h12-13,16H,3-11,15H2,1-2H3,(H,17,18)/t12?,13-/m0/s1. The van der Waals surface area contributed by atoms with Crippen LogP contribution in [0.4, 0.5) is 0 Å². The van der Waals surface area contributed by atoms with Gasteiger partial charge >= 0.3 is 5.97 Å². The summed E-state index contributed by atoms with van der Waals surface area (Å²) in [5.74, 6) is -1.12. The second-order valence-electron chi connectivity index (χ2n) is 5.39. The van der Waals surface area contributed by atoms with E-state index >= 15 is 0 Å². The molecule has 0 aliphatic heterocycles. The number of carboxylic acids is 1. The molecule has 0 aromatic rings. The van der Waals surface area contributed by atoms with Gasteiger partial charge in [0.15, 0.2) is 0 Å². The topological polar surface area (TPSA) is 109 Å². The molecule has 0 aliphatic rings. The molecule has 0 aromatic carbocycles. The molecule has 0 aliphatic carbocycles. The Kier molecular flexibility index (Phi) is 10.6. The van der Waals surface area contributed by atoms with Crippen molar-refractivity contribution in [3.63, 3.8) is 0 Å². The van der Waals surface area contributed by atoms with Crippen molar-refractivity contribution in [2.75, 3.05) is 6.54 Å². The van der Waals surface area contributed by atoms with Crippen LogP contribution < -0.4 is 10.5 Å². The van der Waals surface area contributed by atoms with E-state index in [0.29, 0.717) is 32.2 Å². The first-order chi connectivity index (χ1) is 9.88. The molecule has 0 aromatic heterocycles. The number of carbonyl (C=O) groups is 1. The van der Waals surface area contributed by atoms with Crippen molar-refractivity contribution < 1.29 is 18.3 Å². The van der Waals surface area contributed by atoms with E-state index in [-0.39, 0.29) is 6.42 Å². The van der Waals surface area contributed by atoms with Crippen molar-refractivity contribution in [1.82, 2.24) is 4.72 Å². The number of nitrogens with two attached hydrogens (primary N) is 1. The van der Waals surface area contributed by atoms with E-state index in [1.807, 2.05) is 13.8 Å². The van der Waals surface area contributed by atoms with E-state index < -0.39 is 27.3 Å². The molecule has 0 amide bonds. The van der Waals surface area contributed by atoms with Gasteiger partial charge in [-0.2, -0.15) is 0 Å². The fourth-order valence-corrected chi connectivity index (χ4v) is 4.06. The fraction of sp³-hybridized carbons (Fsp3) is 0.929. The van der Waals surface area contributed by atoms with Gasteiger partial charge in [-0.05, 0) is 32.2 Å². The Morgan fingerprint density at radius 2 is 1.76 bits per heavy atom. The first-order valence-corrected chi connectivity index (χ1v) is 9.37. The lowest BCUT2D eigenvalue weighted by atomic mass is 10.1. The quantitative estimate of drug-likeness (QED) is 0.448. The Hall–Kier alpha value is -0.660. The van der Waals surface area contributed by atoms with Crippen LogP contribution in [-0.4, -0.2) is 37.3 Å². The Balaban J connectivity index is 4.77. The second-order valence-corrected chi connectivity index (χ2v) is 7.38. The summed E-state index contributed by atoms with van der Waals surface area (Å²) in [6.07, 6.45) is 5.23.